The van der Waals surface area contributed by atoms with Gasteiger partial charge in [0.05, 0.1) is 5.69 Å². The van der Waals surface area contributed by atoms with Crippen molar-refractivity contribution in [3.8, 4) is 21.8 Å². The minimum Gasteiger partial charge on any atom is -0.481 e. The molecule has 0 amide bonds. The Morgan fingerprint density at radius 2 is 1.76 bits per heavy atom. The molecule has 1 N–H and O–H groups in total. The Balaban J connectivity index is 0.00000240. The summed E-state index contributed by atoms with van der Waals surface area (Å²) < 4.78 is 0. The summed E-state index contributed by atoms with van der Waals surface area (Å²) in [6.45, 7) is 2.22. The molecule has 4 rings (SSSR count). The lowest BCUT2D eigenvalue weighted by atomic mass is 9.99. The lowest BCUT2D eigenvalue weighted by Gasteiger charge is -2.10. The van der Waals surface area contributed by atoms with E-state index in [1.54, 1.807) is 11.3 Å². The molecule has 0 saturated carbocycles. The Labute approximate surface area is 181 Å². The second-order valence-electron chi connectivity index (χ2n) is 7.42. The number of carboxylic acids is 1. The highest BCUT2D eigenvalue weighted by molar-refractivity contribution is 7.13. The third-order valence-electron chi connectivity index (χ3n) is 5.36. The van der Waals surface area contributed by atoms with Gasteiger partial charge in [-0.25, -0.2) is 4.98 Å². The molecule has 0 spiro atoms. The Bertz CT molecular complexity index is 985. The van der Waals surface area contributed by atoms with Gasteiger partial charge in [0.2, 0.25) is 0 Å². The number of carbonyl (C=O) groups is 1. The average molecular weight is 429 g/mol. The molecule has 3 aromatic rings. The zero-order chi connectivity index (χ0) is 19.5. The van der Waals surface area contributed by atoms with E-state index in [9.17, 15) is 4.79 Å². The second kappa shape index (κ2) is 9.53. The van der Waals surface area contributed by atoms with Crippen LogP contribution in [0.2, 0.25) is 0 Å². The smallest absolute Gasteiger partial charge is 0.303 e. The Kier molecular flexibility index (Phi) is 7.06. The molecule has 0 saturated heterocycles. The molecular formula is C23H25ClN2O2S. The minimum atomic E-state index is -0.763. The first-order valence-electron chi connectivity index (χ1n) is 9.66. The topological polar surface area (TPSA) is 53.4 Å². The second-order valence-corrected chi connectivity index (χ2v) is 8.27. The van der Waals surface area contributed by atoms with Gasteiger partial charge in [-0.2, -0.15) is 0 Å². The van der Waals surface area contributed by atoms with E-state index in [0.29, 0.717) is 6.42 Å². The van der Waals surface area contributed by atoms with E-state index in [4.69, 9.17) is 10.1 Å². The highest BCUT2D eigenvalue weighted by Gasteiger charge is 2.13. The van der Waals surface area contributed by atoms with Gasteiger partial charge in [0.25, 0.3) is 0 Å². The van der Waals surface area contributed by atoms with E-state index in [2.05, 4.69) is 35.5 Å². The van der Waals surface area contributed by atoms with Crippen LogP contribution in [0.4, 0.5) is 0 Å². The maximum Gasteiger partial charge on any atom is 0.303 e. The molecule has 29 heavy (non-hydrogen) atoms. The molecular weight excluding hydrogens is 404 g/mol. The van der Waals surface area contributed by atoms with Crippen LogP contribution in [0.25, 0.3) is 21.8 Å². The van der Waals surface area contributed by atoms with Gasteiger partial charge in [-0.1, -0.05) is 36.4 Å². The Morgan fingerprint density at radius 3 is 2.48 bits per heavy atom. The number of halogens is 1. The molecule has 1 aromatic heterocycles. The summed E-state index contributed by atoms with van der Waals surface area (Å²) >= 11 is 1.65. The summed E-state index contributed by atoms with van der Waals surface area (Å²) in [6, 6.07) is 14.8. The van der Waals surface area contributed by atoms with Crippen molar-refractivity contribution in [2.45, 2.75) is 25.7 Å². The molecule has 0 fully saturated rings. The molecule has 0 atom stereocenters. The largest absolute Gasteiger partial charge is 0.481 e. The molecule has 6 heteroatoms. The lowest BCUT2D eigenvalue weighted by Crippen LogP contribution is -2.20. The third-order valence-corrected chi connectivity index (χ3v) is 6.25. The highest BCUT2D eigenvalue weighted by atomic mass is 35.5. The van der Waals surface area contributed by atoms with E-state index in [1.807, 2.05) is 24.3 Å². The third kappa shape index (κ3) is 5.24. The number of hydrogen-bond acceptors (Lipinski definition) is 4. The first-order chi connectivity index (χ1) is 13.6. The summed E-state index contributed by atoms with van der Waals surface area (Å²) in [5.74, 6) is -0.763. The Hall–Kier alpha value is -2.21. The first kappa shape index (κ1) is 21.5. The van der Waals surface area contributed by atoms with Crippen molar-refractivity contribution in [1.29, 1.82) is 0 Å². The van der Waals surface area contributed by atoms with Crippen LogP contribution in [0.3, 0.4) is 0 Å². The quantitative estimate of drug-likeness (QED) is 0.624. The fraction of sp³-hybridized carbons (Fsp3) is 0.304. The van der Waals surface area contributed by atoms with Gasteiger partial charge in [0.1, 0.15) is 5.01 Å². The fourth-order valence-corrected chi connectivity index (χ4v) is 4.44. The number of thiazole rings is 1. The number of fused-ring (bicyclic) bond motifs is 1. The van der Waals surface area contributed by atoms with Crippen LogP contribution >= 0.6 is 23.7 Å². The van der Waals surface area contributed by atoms with Crippen LogP contribution < -0.4 is 0 Å². The molecule has 0 aliphatic carbocycles. The van der Waals surface area contributed by atoms with Crippen LogP contribution in [0.5, 0.6) is 0 Å². The van der Waals surface area contributed by atoms with E-state index < -0.39 is 5.97 Å². The molecule has 0 unspecified atom stereocenters. The van der Waals surface area contributed by atoms with Crippen LogP contribution in [-0.4, -0.2) is 41.1 Å². The summed E-state index contributed by atoms with van der Waals surface area (Å²) in [4.78, 5) is 18.0. The van der Waals surface area contributed by atoms with Crippen molar-refractivity contribution in [2.24, 2.45) is 0 Å². The van der Waals surface area contributed by atoms with E-state index >= 15 is 0 Å². The lowest BCUT2D eigenvalue weighted by molar-refractivity contribution is -0.136. The maximum atomic E-state index is 10.7. The SMILES string of the molecule is CN1CCc2ccc(-c3csc(-c4ccc(CCC(=O)O)cc4)n3)cc2CC1.Cl. The summed E-state index contributed by atoms with van der Waals surface area (Å²) in [5.41, 5.74) is 7.23. The van der Waals surface area contributed by atoms with Gasteiger partial charge in [0, 0.05) is 36.0 Å². The van der Waals surface area contributed by atoms with Crippen molar-refractivity contribution in [3.05, 3.63) is 64.5 Å². The van der Waals surface area contributed by atoms with Crippen LogP contribution in [0.15, 0.2) is 47.8 Å². The van der Waals surface area contributed by atoms with Gasteiger partial charge in [-0.05, 0) is 49.1 Å². The zero-order valence-electron chi connectivity index (χ0n) is 16.4. The Morgan fingerprint density at radius 1 is 1.07 bits per heavy atom. The molecule has 152 valence electrons. The number of nitrogens with zero attached hydrogens (tertiary/aromatic N) is 2. The average Bonchev–Trinajstić information content (AvgIpc) is 3.12. The molecule has 1 aliphatic heterocycles. The number of aliphatic carboxylic acids is 1. The van der Waals surface area contributed by atoms with Crippen LogP contribution in [0, 0.1) is 0 Å². The highest BCUT2D eigenvalue weighted by Crippen LogP contribution is 2.31. The number of aryl methyl sites for hydroxylation is 1. The number of hydrogen-bond donors (Lipinski definition) is 1. The van der Waals surface area contributed by atoms with Gasteiger partial charge in [-0.3, -0.25) is 4.79 Å². The minimum absolute atomic E-state index is 0. The molecule has 2 heterocycles. The van der Waals surface area contributed by atoms with Gasteiger partial charge in [0.15, 0.2) is 0 Å². The monoisotopic (exact) mass is 428 g/mol. The maximum absolute atomic E-state index is 10.7. The predicted molar refractivity (Wildman–Crippen MR) is 121 cm³/mol. The van der Waals surface area contributed by atoms with Crippen LogP contribution in [0.1, 0.15) is 23.1 Å². The molecule has 4 nitrogen and oxygen atoms in total. The molecule has 2 aromatic carbocycles. The standard InChI is InChI=1S/C23H24N2O2S.ClH/c1-25-12-10-17-7-8-20(14-19(17)11-13-25)21-15-28-23(24-21)18-5-2-16(3-6-18)4-9-22(26)27;/h2-3,5-8,14-15H,4,9-13H2,1H3,(H,26,27);1H. The van der Waals surface area contributed by atoms with E-state index in [-0.39, 0.29) is 18.8 Å². The van der Waals surface area contributed by atoms with E-state index in [1.165, 1.54) is 16.7 Å². The van der Waals surface area contributed by atoms with Crippen molar-refractivity contribution in [1.82, 2.24) is 9.88 Å². The van der Waals surface area contributed by atoms with Crippen molar-refractivity contribution >= 4 is 29.7 Å². The normalized spacial score (nSPS) is 14.0. The van der Waals surface area contributed by atoms with Crippen molar-refractivity contribution in [3.63, 3.8) is 0 Å². The number of rotatable bonds is 5. The van der Waals surface area contributed by atoms with Crippen molar-refractivity contribution in [2.75, 3.05) is 20.1 Å². The molecule has 0 bridgehead atoms. The molecule has 1 aliphatic rings. The van der Waals surface area contributed by atoms with Gasteiger partial charge < -0.3 is 10.0 Å². The van der Waals surface area contributed by atoms with Crippen LogP contribution in [-0.2, 0) is 24.1 Å². The molecule has 0 radical (unpaired) electrons. The predicted octanol–water partition coefficient (Wildman–Crippen LogP) is 4.95. The summed E-state index contributed by atoms with van der Waals surface area (Å²) in [5, 5.41) is 11.9. The first-order valence-corrected chi connectivity index (χ1v) is 10.5. The van der Waals surface area contributed by atoms with E-state index in [0.717, 1.165) is 47.8 Å². The number of benzene rings is 2. The summed E-state index contributed by atoms with van der Waals surface area (Å²) in [7, 11) is 2.19. The number of likely N-dealkylation sites (N-methyl/N-ethyl adjacent to an activating group) is 1. The number of aromatic nitrogens is 1. The fourth-order valence-electron chi connectivity index (χ4n) is 3.60. The van der Waals surface area contributed by atoms with Gasteiger partial charge in [-0.15, -0.1) is 23.7 Å². The van der Waals surface area contributed by atoms with Crippen molar-refractivity contribution < 1.29 is 9.90 Å². The van der Waals surface area contributed by atoms with Gasteiger partial charge >= 0.3 is 5.97 Å². The summed E-state index contributed by atoms with van der Waals surface area (Å²) in [6.07, 6.45) is 2.93. The zero-order valence-corrected chi connectivity index (χ0v) is 18.1. The number of carboxylic acid groups (broad SMARTS) is 1.